The fourth-order valence-corrected chi connectivity index (χ4v) is 4.99. The fourth-order valence-electron chi connectivity index (χ4n) is 4.82. The summed E-state index contributed by atoms with van der Waals surface area (Å²) in [4.78, 5) is 23.7. The first-order valence-corrected chi connectivity index (χ1v) is 11.8. The molecule has 0 aromatic heterocycles. The van der Waals surface area contributed by atoms with E-state index in [1.165, 1.54) is 11.3 Å². The van der Waals surface area contributed by atoms with Gasteiger partial charge in [0.05, 0.1) is 0 Å². The predicted molar refractivity (Wildman–Crippen MR) is 125 cm³/mol. The molecule has 1 aromatic carbocycles. The zero-order valence-electron chi connectivity index (χ0n) is 18.6. The molecule has 7 nitrogen and oxygen atoms in total. The number of aryl methyl sites for hydroxylation is 1. The number of ether oxygens (including phenoxy) is 1. The van der Waals surface area contributed by atoms with Crippen molar-refractivity contribution in [2.24, 2.45) is 10.9 Å². The molecule has 3 aliphatic rings. The number of hydrogen-bond acceptors (Lipinski definition) is 4. The maximum atomic E-state index is 12.6. The summed E-state index contributed by atoms with van der Waals surface area (Å²) in [6, 6.07) is 6.12. The lowest BCUT2D eigenvalue weighted by atomic mass is 10.1. The van der Waals surface area contributed by atoms with Crippen LogP contribution in [0.4, 0.5) is 5.69 Å². The molecule has 3 saturated heterocycles. The second-order valence-electron chi connectivity index (χ2n) is 8.77. The lowest BCUT2D eigenvalue weighted by molar-refractivity contribution is -0.142. The molecule has 0 aliphatic carbocycles. The van der Waals surface area contributed by atoms with Gasteiger partial charge in [0, 0.05) is 70.2 Å². The first-order chi connectivity index (χ1) is 15.0. The smallest absolute Gasteiger partial charge is 0.251 e. The van der Waals surface area contributed by atoms with Crippen LogP contribution in [0.1, 0.15) is 24.8 Å². The molecule has 1 N–H and O–H groups in total. The van der Waals surface area contributed by atoms with E-state index < -0.39 is 0 Å². The van der Waals surface area contributed by atoms with Crippen molar-refractivity contribution in [2.75, 3.05) is 64.4 Å². The number of benzene rings is 1. The van der Waals surface area contributed by atoms with Crippen LogP contribution in [-0.2, 0) is 9.53 Å². The molecule has 1 aromatic rings. The van der Waals surface area contributed by atoms with Crippen molar-refractivity contribution in [3.63, 3.8) is 0 Å². The van der Waals surface area contributed by atoms with E-state index in [0.29, 0.717) is 12.5 Å². The van der Waals surface area contributed by atoms with Crippen LogP contribution in [0.2, 0.25) is 5.02 Å². The number of guanidine groups is 1. The highest BCUT2D eigenvalue weighted by atomic mass is 35.5. The summed E-state index contributed by atoms with van der Waals surface area (Å²) in [6.45, 7) is 8.89. The molecule has 3 fully saturated rings. The monoisotopic (exact) mass is 447 g/mol. The normalized spacial score (nSPS) is 24.7. The third-order valence-electron chi connectivity index (χ3n) is 6.65. The van der Waals surface area contributed by atoms with E-state index in [0.717, 1.165) is 76.1 Å². The Labute approximate surface area is 190 Å². The van der Waals surface area contributed by atoms with Crippen molar-refractivity contribution >= 4 is 29.2 Å². The van der Waals surface area contributed by atoms with Gasteiger partial charge in [-0.15, -0.1) is 0 Å². The number of rotatable bonds is 4. The molecule has 170 valence electrons. The van der Waals surface area contributed by atoms with Crippen molar-refractivity contribution in [2.45, 2.75) is 32.3 Å². The third kappa shape index (κ3) is 5.26. The number of nitrogens with zero attached hydrogens (tertiary/aromatic N) is 4. The molecule has 31 heavy (non-hydrogen) atoms. The SMILES string of the molecule is CN=C(NCC1CCN(c2cc(Cl)ccc2C)C1)N1CCN(C(=O)C2CCCO2)CC1. The van der Waals surface area contributed by atoms with E-state index in [1.54, 1.807) is 0 Å². The zero-order valence-corrected chi connectivity index (χ0v) is 19.4. The van der Waals surface area contributed by atoms with Crippen LogP contribution in [0.3, 0.4) is 0 Å². The van der Waals surface area contributed by atoms with Gasteiger partial charge in [-0.05, 0) is 49.8 Å². The minimum atomic E-state index is -0.225. The molecular weight excluding hydrogens is 414 g/mol. The Bertz CT molecular complexity index is 803. The van der Waals surface area contributed by atoms with Gasteiger partial charge in [-0.25, -0.2) is 0 Å². The maximum Gasteiger partial charge on any atom is 0.251 e. The average molecular weight is 448 g/mol. The standard InChI is InChI=1S/C23H34ClN5O2/c1-17-5-6-19(24)14-20(17)29-8-7-18(16-29)15-26-23(25-2)28-11-9-27(10-12-28)22(30)21-4-3-13-31-21/h5-6,14,18,21H,3-4,7-13,15-16H2,1-2H3,(H,25,26). The van der Waals surface area contributed by atoms with Crippen molar-refractivity contribution in [3.05, 3.63) is 28.8 Å². The Morgan fingerprint density at radius 3 is 2.68 bits per heavy atom. The van der Waals surface area contributed by atoms with Crippen LogP contribution < -0.4 is 10.2 Å². The topological polar surface area (TPSA) is 60.4 Å². The van der Waals surface area contributed by atoms with Crippen molar-refractivity contribution in [3.8, 4) is 0 Å². The second kappa shape index (κ2) is 10.1. The lowest BCUT2D eigenvalue weighted by Crippen LogP contribution is -2.55. The Balaban J connectivity index is 1.24. The molecule has 4 rings (SSSR count). The average Bonchev–Trinajstić information content (AvgIpc) is 3.48. The molecule has 0 bridgehead atoms. The minimum Gasteiger partial charge on any atom is -0.371 e. The summed E-state index contributed by atoms with van der Waals surface area (Å²) in [5.74, 6) is 1.65. The van der Waals surface area contributed by atoms with Crippen LogP contribution in [0, 0.1) is 12.8 Å². The summed E-state index contributed by atoms with van der Waals surface area (Å²) < 4.78 is 5.56. The summed E-state index contributed by atoms with van der Waals surface area (Å²) >= 11 is 6.21. The number of nitrogens with one attached hydrogen (secondary N) is 1. The van der Waals surface area contributed by atoms with E-state index in [1.807, 2.05) is 18.0 Å². The number of piperazine rings is 1. The molecule has 1 amide bonds. The number of carbonyl (C=O) groups is 1. The van der Waals surface area contributed by atoms with Gasteiger partial charge < -0.3 is 24.8 Å². The highest BCUT2D eigenvalue weighted by molar-refractivity contribution is 6.30. The maximum absolute atomic E-state index is 12.6. The molecular formula is C23H34ClN5O2. The first-order valence-electron chi connectivity index (χ1n) is 11.4. The fraction of sp³-hybridized carbons (Fsp3) is 0.652. The third-order valence-corrected chi connectivity index (χ3v) is 6.89. The van der Waals surface area contributed by atoms with Gasteiger partial charge in [-0.2, -0.15) is 0 Å². The van der Waals surface area contributed by atoms with Crippen molar-refractivity contribution in [1.82, 2.24) is 15.1 Å². The Morgan fingerprint density at radius 2 is 1.97 bits per heavy atom. The van der Waals surface area contributed by atoms with Gasteiger partial charge >= 0.3 is 0 Å². The van der Waals surface area contributed by atoms with Gasteiger partial charge in [0.2, 0.25) is 0 Å². The van der Waals surface area contributed by atoms with Crippen LogP contribution in [0.5, 0.6) is 0 Å². The molecule has 2 atom stereocenters. The second-order valence-corrected chi connectivity index (χ2v) is 9.21. The largest absolute Gasteiger partial charge is 0.371 e. The quantitative estimate of drug-likeness (QED) is 0.567. The lowest BCUT2D eigenvalue weighted by Gasteiger charge is -2.37. The van der Waals surface area contributed by atoms with E-state index >= 15 is 0 Å². The van der Waals surface area contributed by atoms with Crippen molar-refractivity contribution in [1.29, 1.82) is 0 Å². The molecule has 0 radical (unpaired) electrons. The summed E-state index contributed by atoms with van der Waals surface area (Å²) in [6.07, 6.45) is 2.77. The van der Waals surface area contributed by atoms with Crippen LogP contribution in [0.25, 0.3) is 0 Å². The Morgan fingerprint density at radius 1 is 1.19 bits per heavy atom. The highest BCUT2D eigenvalue weighted by Crippen LogP contribution is 2.29. The molecule has 3 aliphatic heterocycles. The molecule has 0 spiro atoms. The number of aliphatic imine (C=N–C) groups is 1. The van der Waals surface area contributed by atoms with Crippen LogP contribution in [-0.4, -0.2) is 87.2 Å². The Hall–Kier alpha value is -1.99. The predicted octanol–water partition coefficient (Wildman–Crippen LogP) is 2.37. The van der Waals surface area contributed by atoms with E-state index in [-0.39, 0.29) is 12.0 Å². The summed E-state index contributed by atoms with van der Waals surface area (Å²) in [7, 11) is 1.84. The van der Waals surface area contributed by atoms with Gasteiger partial charge in [-0.3, -0.25) is 9.79 Å². The van der Waals surface area contributed by atoms with Gasteiger partial charge in [0.1, 0.15) is 6.10 Å². The van der Waals surface area contributed by atoms with E-state index in [2.05, 4.69) is 39.2 Å². The molecule has 0 saturated carbocycles. The van der Waals surface area contributed by atoms with Crippen LogP contribution >= 0.6 is 11.6 Å². The number of carbonyl (C=O) groups excluding carboxylic acids is 1. The number of amides is 1. The number of anilines is 1. The van der Waals surface area contributed by atoms with Gasteiger partial charge in [-0.1, -0.05) is 17.7 Å². The van der Waals surface area contributed by atoms with Crippen LogP contribution in [0.15, 0.2) is 23.2 Å². The van der Waals surface area contributed by atoms with Gasteiger partial charge in [0.15, 0.2) is 5.96 Å². The van der Waals surface area contributed by atoms with E-state index in [4.69, 9.17) is 16.3 Å². The minimum absolute atomic E-state index is 0.155. The van der Waals surface area contributed by atoms with Crippen molar-refractivity contribution < 1.29 is 9.53 Å². The Kier molecular flexibility index (Phi) is 7.23. The van der Waals surface area contributed by atoms with Gasteiger partial charge in [0.25, 0.3) is 5.91 Å². The number of halogens is 1. The first kappa shape index (κ1) is 22.2. The molecule has 3 heterocycles. The zero-order chi connectivity index (χ0) is 21.8. The summed E-state index contributed by atoms with van der Waals surface area (Å²) in [5, 5.41) is 4.36. The molecule has 8 heteroatoms. The molecule has 2 unspecified atom stereocenters. The highest BCUT2D eigenvalue weighted by Gasteiger charge is 2.31. The summed E-state index contributed by atoms with van der Waals surface area (Å²) in [5.41, 5.74) is 2.51. The number of hydrogen-bond donors (Lipinski definition) is 1. The van der Waals surface area contributed by atoms with E-state index in [9.17, 15) is 4.79 Å².